The van der Waals surface area contributed by atoms with E-state index in [0.717, 1.165) is 18.0 Å². The quantitative estimate of drug-likeness (QED) is 0.798. The van der Waals surface area contributed by atoms with Crippen molar-refractivity contribution < 1.29 is 4.74 Å². The predicted octanol–water partition coefficient (Wildman–Crippen LogP) is 1.38. The highest BCUT2D eigenvalue weighted by Gasteiger charge is 2.45. The van der Waals surface area contributed by atoms with Gasteiger partial charge in [0.2, 0.25) is 0 Å². The Bertz CT molecular complexity index is 292. The second-order valence-electron chi connectivity index (χ2n) is 6.51. The highest BCUT2D eigenvalue weighted by molar-refractivity contribution is 4.97. The summed E-state index contributed by atoms with van der Waals surface area (Å²) in [6.45, 7) is 3.88. The minimum absolute atomic E-state index is 0.579. The molecule has 0 radical (unpaired) electrons. The van der Waals surface area contributed by atoms with Crippen molar-refractivity contribution >= 4 is 0 Å². The molecule has 1 aliphatic carbocycles. The molecule has 4 aliphatic rings. The predicted molar refractivity (Wildman–Crippen MR) is 67.0 cm³/mol. The lowest BCUT2D eigenvalue weighted by molar-refractivity contribution is 0.0759. The van der Waals surface area contributed by atoms with Crippen molar-refractivity contribution in [2.24, 2.45) is 5.92 Å². The summed E-state index contributed by atoms with van der Waals surface area (Å²) in [7, 11) is 0. The lowest BCUT2D eigenvalue weighted by Crippen LogP contribution is -2.41. The fourth-order valence-corrected chi connectivity index (χ4v) is 3.95. The molecule has 0 aromatic heterocycles. The number of hydrogen-bond acceptors (Lipinski definition) is 3. The average molecular weight is 236 g/mol. The SMILES string of the molecule is C1CN(C2CC3CCC2O3)CC1CNC1CC1. The van der Waals surface area contributed by atoms with E-state index in [1.54, 1.807) is 0 Å². The van der Waals surface area contributed by atoms with Gasteiger partial charge >= 0.3 is 0 Å². The van der Waals surface area contributed by atoms with E-state index in [1.807, 2.05) is 0 Å². The summed E-state index contributed by atoms with van der Waals surface area (Å²) in [5.74, 6) is 0.898. The number of nitrogens with one attached hydrogen (secondary N) is 1. The van der Waals surface area contributed by atoms with E-state index in [4.69, 9.17) is 4.74 Å². The summed E-state index contributed by atoms with van der Waals surface area (Å²) < 4.78 is 5.98. The molecule has 3 aliphatic heterocycles. The van der Waals surface area contributed by atoms with E-state index in [0.29, 0.717) is 12.2 Å². The number of nitrogens with zero attached hydrogens (tertiary/aromatic N) is 1. The normalized spacial score (nSPS) is 45.9. The molecule has 0 spiro atoms. The number of rotatable bonds is 4. The van der Waals surface area contributed by atoms with Gasteiger partial charge in [0, 0.05) is 18.6 Å². The fourth-order valence-electron chi connectivity index (χ4n) is 3.95. The van der Waals surface area contributed by atoms with Crippen molar-refractivity contribution in [1.82, 2.24) is 10.2 Å². The van der Waals surface area contributed by atoms with Crippen LogP contribution in [0.15, 0.2) is 0 Å². The maximum atomic E-state index is 5.98. The topological polar surface area (TPSA) is 24.5 Å². The highest BCUT2D eigenvalue weighted by atomic mass is 16.5. The van der Waals surface area contributed by atoms with Crippen molar-refractivity contribution in [1.29, 1.82) is 0 Å². The minimum atomic E-state index is 0.579. The number of fused-ring (bicyclic) bond motifs is 2. The van der Waals surface area contributed by atoms with Gasteiger partial charge in [0.1, 0.15) is 0 Å². The summed E-state index contributed by atoms with van der Waals surface area (Å²) in [5.41, 5.74) is 0. The molecular weight excluding hydrogens is 212 g/mol. The molecule has 0 aromatic rings. The van der Waals surface area contributed by atoms with Gasteiger partial charge in [-0.05, 0) is 57.5 Å². The lowest BCUT2D eigenvalue weighted by atomic mass is 9.94. The van der Waals surface area contributed by atoms with Gasteiger partial charge in [-0.1, -0.05) is 0 Å². The molecule has 1 saturated carbocycles. The summed E-state index contributed by atoms with van der Waals surface area (Å²) >= 11 is 0. The molecule has 1 N–H and O–H groups in total. The van der Waals surface area contributed by atoms with E-state index in [2.05, 4.69) is 10.2 Å². The van der Waals surface area contributed by atoms with Gasteiger partial charge in [-0.3, -0.25) is 4.90 Å². The van der Waals surface area contributed by atoms with Crippen molar-refractivity contribution in [3.63, 3.8) is 0 Å². The van der Waals surface area contributed by atoms with E-state index in [-0.39, 0.29) is 0 Å². The number of hydrogen-bond donors (Lipinski definition) is 1. The Hall–Kier alpha value is -0.120. The molecule has 96 valence electrons. The molecule has 4 unspecified atom stereocenters. The molecule has 2 bridgehead atoms. The standard InChI is InChI=1S/C14H24N2O/c1-2-11(1)15-8-10-5-6-16(9-10)13-7-12-3-4-14(13)17-12/h10-15H,1-9H2. The van der Waals surface area contributed by atoms with E-state index >= 15 is 0 Å². The first kappa shape index (κ1) is 10.8. The number of ether oxygens (including phenoxy) is 1. The first-order valence-electron chi connectivity index (χ1n) is 7.51. The van der Waals surface area contributed by atoms with Crippen LogP contribution in [0.4, 0.5) is 0 Å². The van der Waals surface area contributed by atoms with Crippen LogP contribution in [0.25, 0.3) is 0 Å². The van der Waals surface area contributed by atoms with Gasteiger partial charge in [-0.2, -0.15) is 0 Å². The first-order valence-corrected chi connectivity index (χ1v) is 7.51. The van der Waals surface area contributed by atoms with Crippen LogP contribution in [0.5, 0.6) is 0 Å². The maximum Gasteiger partial charge on any atom is 0.0735 e. The molecule has 4 rings (SSSR count). The highest BCUT2D eigenvalue weighted by Crippen LogP contribution is 2.38. The van der Waals surface area contributed by atoms with Crippen LogP contribution in [0, 0.1) is 5.92 Å². The second kappa shape index (κ2) is 4.22. The lowest BCUT2D eigenvalue weighted by Gasteiger charge is -2.29. The van der Waals surface area contributed by atoms with E-state index in [1.165, 1.54) is 58.2 Å². The first-order chi connectivity index (χ1) is 8.38. The Kier molecular flexibility index (Phi) is 2.67. The van der Waals surface area contributed by atoms with Crippen molar-refractivity contribution in [3.05, 3.63) is 0 Å². The zero-order chi connectivity index (χ0) is 11.2. The van der Waals surface area contributed by atoms with Gasteiger partial charge in [0.25, 0.3) is 0 Å². The van der Waals surface area contributed by atoms with Gasteiger partial charge in [0.05, 0.1) is 12.2 Å². The van der Waals surface area contributed by atoms with Crippen LogP contribution >= 0.6 is 0 Å². The average Bonchev–Trinajstić information content (AvgIpc) is 2.82. The van der Waals surface area contributed by atoms with Crippen LogP contribution in [-0.4, -0.2) is 48.8 Å². The Morgan fingerprint density at radius 1 is 1.12 bits per heavy atom. The summed E-state index contributed by atoms with van der Waals surface area (Å²) in [6, 6.07) is 1.63. The van der Waals surface area contributed by atoms with Gasteiger partial charge in [0.15, 0.2) is 0 Å². The van der Waals surface area contributed by atoms with Crippen LogP contribution in [0.1, 0.15) is 38.5 Å². The molecule has 3 saturated heterocycles. The summed E-state index contributed by atoms with van der Waals surface area (Å²) in [5, 5.41) is 3.69. The Morgan fingerprint density at radius 2 is 2.06 bits per heavy atom. The molecule has 3 nitrogen and oxygen atoms in total. The Labute approximate surface area is 104 Å². The molecule has 4 fully saturated rings. The maximum absolute atomic E-state index is 5.98. The van der Waals surface area contributed by atoms with Crippen LogP contribution in [-0.2, 0) is 4.74 Å². The smallest absolute Gasteiger partial charge is 0.0735 e. The molecule has 0 aromatic carbocycles. The molecule has 3 heterocycles. The Balaban J connectivity index is 1.28. The van der Waals surface area contributed by atoms with Crippen molar-refractivity contribution in [2.75, 3.05) is 19.6 Å². The van der Waals surface area contributed by atoms with Crippen LogP contribution in [0.3, 0.4) is 0 Å². The van der Waals surface area contributed by atoms with Crippen molar-refractivity contribution in [3.8, 4) is 0 Å². The van der Waals surface area contributed by atoms with Gasteiger partial charge in [-0.15, -0.1) is 0 Å². The number of likely N-dealkylation sites (tertiary alicyclic amines) is 1. The molecular formula is C14H24N2O. The van der Waals surface area contributed by atoms with Gasteiger partial charge in [-0.25, -0.2) is 0 Å². The Morgan fingerprint density at radius 3 is 2.76 bits per heavy atom. The third kappa shape index (κ3) is 2.13. The van der Waals surface area contributed by atoms with Gasteiger partial charge < -0.3 is 10.1 Å². The van der Waals surface area contributed by atoms with Crippen LogP contribution < -0.4 is 5.32 Å². The third-order valence-corrected chi connectivity index (χ3v) is 5.13. The largest absolute Gasteiger partial charge is 0.373 e. The monoisotopic (exact) mass is 236 g/mol. The fraction of sp³-hybridized carbons (Fsp3) is 1.00. The van der Waals surface area contributed by atoms with E-state index in [9.17, 15) is 0 Å². The van der Waals surface area contributed by atoms with Crippen LogP contribution in [0.2, 0.25) is 0 Å². The summed E-state index contributed by atoms with van der Waals surface area (Å²) in [6.07, 6.45) is 9.36. The second-order valence-corrected chi connectivity index (χ2v) is 6.51. The molecule has 17 heavy (non-hydrogen) atoms. The zero-order valence-electron chi connectivity index (χ0n) is 10.6. The van der Waals surface area contributed by atoms with Crippen molar-refractivity contribution in [2.45, 2.75) is 62.8 Å². The minimum Gasteiger partial charge on any atom is -0.373 e. The van der Waals surface area contributed by atoms with E-state index < -0.39 is 0 Å². The summed E-state index contributed by atoms with van der Waals surface area (Å²) in [4.78, 5) is 2.73. The molecule has 4 atom stereocenters. The third-order valence-electron chi connectivity index (χ3n) is 5.13. The molecule has 3 heteroatoms. The zero-order valence-corrected chi connectivity index (χ0v) is 10.6. The molecule has 0 amide bonds.